The summed E-state index contributed by atoms with van der Waals surface area (Å²) >= 11 is 0. The fourth-order valence-electron chi connectivity index (χ4n) is 3.08. The minimum atomic E-state index is -0.353. The molecule has 0 spiro atoms. The lowest BCUT2D eigenvalue weighted by molar-refractivity contribution is 0.106. The maximum atomic E-state index is 14.3. The molecule has 1 saturated carbocycles. The van der Waals surface area contributed by atoms with Crippen molar-refractivity contribution in [2.24, 2.45) is 0 Å². The first-order chi connectivity index (χ1) is 10.1. The highest BCUT2D eigenvalue weighted by molar-refractivity contribution is 5.49. The van der Waals surface area contributed by atoms with Gasteiger partial charge in [-0.15, -0.1) is 0 Å². The first-order valence-electron chi connectivity index (χ1n) is 8.03. The van der Waals surface area contributed by atoms with E-state index in [1.165, 1.54) is 0 Å². The van der Waals surface area contributed by atoms with Crippen molar-refractivity contribution in [1.82, 2.24) is 5.32 Å². The summed E-state index contributed by atoms with van der Waals surface area (Å²) in [5, 5.41) is 13.4. The number of aliphatic hydroxyl groups is 1. The molecule has 1 aliphatic rings. The Morgan fingerprint density at radius 3 is 2.76 bits per heavy atom. The smallest absolute Gasteiger partial charge is 0.146 e. The maximum Gasteiger partial charge on any atom is 0.146 e. The zero-order valence-corrected chi connectivity index (χ0v) is 13.1. The number of halogens is 1. The Kier molecular flexibility index (Phi) is 6.00. The molecule has 0 radical (unpaired) electrons. The first kappa shape index (κ1) is 16.2. The van der Waals surface area contributed by atoms with Gasteiger partial charge in [0, 0.05) is 13.6 Å². The van der Waals surface area contributed by atoms with Gasteiger partial charge in [-0.1, -0.05) is 25.8 Å². The topological polar surface area (TPSA) is 35.5 Å². The van der Waals surface area contributed by atoms with E-state index in [-0.39, 0.29) is 18.0 Å². The van der Waals surface area contributed by atoms with Crippen LogP contribution in [0.1, 0.15) is 44.6 Å². The third-order valence-corrected chi connectivity index (χ3v) is 4.34. The molecule has 0 heterocycles. The number of aliphatic hydroxyl groups excluding tert-OH is 1. The number of likely N-dealkylation sites (N-methyl/N-ethyl adjacent to an activating group) is 1. The van der Waals surface area contributed by atoms with Crippen LogP contribution in [0.25, 0.3) is 0 Å². The molecule has 0 aromatic heterocycles. The molecule has 0 saturated heterocycles. The van der Waals surface area contributed by atoms with E-state index in [0.717, 1.165) is 44.2 Å². The Labute approximate surface area is 127 Å². The second-order valence-electron chi connectivity index (χ2n) is 5.99. The van der Waals surface area contributed by atoms with Gasteiger partial charge in [-0.25, -0.2) is 4.39 Å². The summed E-state index contributed by atoms with van der Waals surface area (Å²) in [6.45, 7) is 3.75. The van der Waals surface area contributed by atoms with E-state index in [9.17, 15) is 9.50 Å². The van der Waals surface area contributed by atoms with Crippen molar-refractivity contribution >= 4 is 5.69 Å². The predicted molar refractivity (Wildman–Crippen MR) is 85.1 cm³/mol. The van der Waals surface area contributed by atoms with Gasteiger partial charge in [0.1, 0.15) is 5.82 Å². The van der Waals surface area contributed by atoms with E-state index in [0.29, 0.717) is 12.2 Å². The molecule has 0 bridgehead atoms. The van der Waals surface area contributed by atoms with Gasteiger partial charge in [-0.2, -0.15) is 0 Å². The molecule has 118 valence electrons. The van der Waals surface area contributed by atoms with Gasteiger partial charge >= 0.3 is 0 Å². The van der Waals surface area contributed by atoms with Crippen molar-refractivity contribution in [2.45, 2.75) is 57.7 Å². The summed E-state index contributed by atoms with van der Waals surface area (Å²) < 4.78 is 14.3. The first-order valence-corrected chi connectivity index (χ1v) is 8.03. The van der Waals surface area contributed by atoms with Crippen LogP contribution in [0.2, 0.25) is 0 Å². The van der Waals surface area contributed by atoms with Crippen LogP contribution in [-0.2, 0) is 6.54 Å². The molecule has 2 rings (SSSR count). The average molecular weight is 294 g/mol. The van der Waals surface area contributed by atoms with Crippen LogP contribution in [-0.4, -0.2) is 30.8 Å². The van der Waals surface area contributed by atoms with Gasteiger partial charge in [-0.05, 0) is 43.5 Å². The van der Waals surface area contributed by atoms with Crippen molar-refractivity contribution < 1.29 is 9.50 Å². The standard InChI is InChI=1S/C17H27FN2O/c1-3-10-19-12-13-8-9-15(14(18)11-13)20(2)16-6-4-5-7-17(16)21/h8-9,11,16-17,19,21H,3-7,10,12H2,1-2H3. The number of nitrogens with zero attached hydrogens (tertiary/aromatic N) is 1. The largest absolute Gasteiger partial charge is 0.391 e. The second-order valence-corrected chi connectivity index (χ2v) is 5.99. The van der Waals surface area contributed by atoms with Gasteiger partial charge in [0.2, 0.25) is 0 Å². The third-order valence-electron chi connectivity index (χ3n) is 4.34. The van der Waals surface area contributed by atoms with Crippen molar-refractivity contribution in [2.75, 3.05) is 18.5 Å². The molecule has 21 heavy (non-hydrogen) atoms. The summed E-state index contributed by atoms with van der Waals surface area (Å²) in [4.78, 5) is 1.91. The maximum absolute atomic E-state index is 14.3. The van der Waals surface area contributed by atoms with Crippen LogP contribution in [0, 0.1) is 5.82 Å². The average Bonchev–Trinajstić information content (AvgIpc) is 2.47. The van der Waals surface area contributed by atoms with E-state index >= 15 is 0 Å². The second kappa shape index (κ2) is 7.76. The summed E-state index contributed by atoms with van der Waals surface area (Å²) in [6, 6.07) is 5.42. The Hall–Kier alpha value is -1.13. The van der Waals surface area contributed by atoms with Crippen molar-refractivity contribution in [3.8, 4) is 0 Å². The van der Waals surface area contributed by atoms with Crippen LogP contribution >= 0.6 is 0 Å². The van der Waals surface area contributed by atoms with E-state index in [4.69, 9.17) is 0 Å². The normalized spacial score (nSPS) is 22.3. The van der Waals surface area contributed by atoms with Gasteiger partial charge in [0.05, 0.1) is 17.8 Å². The highest BCUT2D eigenvalue weighted by Gasteiger charge is 2.27. The lowest BCUT2D eigenvalue weighted by Crippen LogP contribution is -2.43. The monoisotopic (exact) mass is 294 g/mol. The van der Waals surface area contributed by atoms with Gasteiger partial charge < -0.3 is 15.3 Å². The molecule has 1 aromatic rings. The number of benzene rings is 1. The van der Waals surface area contributed by atoms with Crippen molar-refractivity contribution in [3.63, 3.8) is 0 Å². The van der Waals surface area contributed by atoms with Gasteiger partial charge in [0.15, 0.2) is 0 Å². The molecule has 2 unspecified atom stereocenters. The number of hydrogen-bond acceptors (Lipinski definition) is 3. The van der Waals surface area contributed by atoms with E-state index < -0.39 is 0 Å². The molecule has 0 aliphatic heterocycles. The Balaban J connectivity index is 2.05. The third kappa shape index (κ3) is 4.17. The molecule has 2 N–H and O–H groups in total. The highest BCUT2D eigenvalue weighted by atomic mass is 19.1. The van der Waals surface area contributed by atoms with Crippen LogP contribution in [0.4, 0.5) is 10.1 Å². The molecule has 1 aromatic carbocycles. The van der Waals surface area contributed by atoms with Crippen LogP contribution in [0.15, 0.2) is 18.2 Å². The van der Waals surface area contributed by atoms with E-state index in [2.05, 4.69) is 12.2 Å². The quantitative estimate of drug-likeness (QED) is 0.792. The lowest BCUT2D eigenvalue weighted by Gasteiger charge is -2.36. The van der Waals surface area contributed by atoms with E-state index in [1.807, 2.05) is 24.1 Å². The molecular formula is C17H27FN2O. The van der Waals surface area contributed by atoms with Crippen LogP contribution in [0.3, 0.4) is 0 Å². The molecule has 3 nitrogen and oxygen atoms in total. The fraction of sp³-hybridized carbons (Fsp3) is 0.647. The molecule has 1 fully saturated rings. The Morgan fingerprint density at radius 1 is 1.33 bits per heavy atom. The number of anilines is 1. The zero-order valence-electron chi connectivity index (χ0n) is 13.1. The Morgan fingerprint density at radius 2 is 2.10 bits per heavy atom. The molecule has 1 aliphatic carbocycles. The lowest BCUT2D eigenvalue weighted by atomic mass is 9.91. The fourth-order valence-corrected chi connectivity index (χ4v) is 3.08. The number of nitrogens with one attached hydrogen (secondary N) is 1. The summed E-state index contributed by atoms with van der Waals surface area (Å²) in [6.07, 6.45) is 4.63. The Bertz CT molecular complexity index is 452. The van der Waals surface area contributed by atoms with Crippen molar-refractivity contribution in [1.29, 1.82) is 0 Å². The molecular weight excluding hydrogens is 267 g/mol. The van der Waals surface area contributed by atoms with Gasteiger partial charge in [-0.3, -0.25) is 0 Å². The summed E-state index contributed by atoms with van der Waals surface area (Å²) in [7, 11) is 1.88. The number of rotatable bonds is 6. The molecule has 0 amide bonds. The van der Waals surface area contributed by atoms with E-state index in [1.54, 1.807) is 6.07 Å². The SMILES string of the molecule is CCCNCc1ccc(N(C)C2CCCCC2O)c(F)c1. The van der Waals surface area contributed by atoms with Crippen LogP contribution < -0.4 is 10.2 Å². The van der Waals surface area contributed by atoms with Gasteiger partial charge in [0.25, 0.3) is 0 Å². The molecule has 4 heteroatoms. The predicted octanol–water partition coefficient (Wildman–Crippen LogP) is 3.07. The number of hydrogen-bond donors (Lipinski definition) is 2. The van der Waals surface area contributed by atoms with Crippen LogP contribution in [0.5, 0.6) is 0 Å². The zero-order chi connectivity index (χ0) is 15.2. The van der Waals surface area contributed by atoms with Crippen molar-refractivity contribution in [3.05, 3.63) is 29.6 Å². The summed E-state index contributed by atoms with van der Waals surface area (Å²) in [5.74, 6) is -0.203. The molecule has 2 atom stereocenters. The minimum Gasteiger partial charge on any atom is -0.391 e. The summed E-state index contributed by atoms with van der Waals surface area (Å²) in [5.41, 5.74) is 1.54. The minimum absolute atomic E-state index is 0.0253. The highest BCUT2D eigenvalue weighted by Crippen LogP contribution is 2.28.